The Balaban J connectivity index is 0.000000386. The average molecular weight is 1470 g/mol. The first-order valence-corrected chi connectivity index (χ1v) is 31.9. The van der Waals surface area contributed by atoms with Gasteiger partial charge in [0.15, 0.2) is 0 Å². The van der Waals surface area contributed by atoms with E-state index in [-0.39, 0.29) is 90.6 Å². The average Bonchev–Trinajstić information content (AvgIpc) is 1.68. The van der Waals surface area contributed by atoms with Crippen molar-refractivity contribution in [1.29, 1.82) is 0 Å². The molecule has 4 unspecified atom stereocenters. The summed E-state index contributed by atoms with van der Waals surface area (Å²) in [7, 11) is 0. The van der Waals surface area contributed by atoms with Crippen molar-refractivity contribution in [2.24, 2.45) is 29.6 Å². The van der Waals surface area contributed by atoms with E-state index < -0.39 is 101 Å². The second-order valence-corrected chi connectivity index (χ2v) is 23.1. The molecule has 0 N–H and O–H groups in total. The van der Waals surface area contributed by atoms with Crippen molar-refractivity contribution in [3.63, 3.8) is 0 Å². The van der Waals surface area contributed by atoms with Gasteiger partial charge in [-0.1, -0.05) is 53.2 Å². The number of hydrogen-bond donors (Lipinski definition) is 0. The van der Waals surface area contributed by atoms with Crippen LogP contribution in [-0.4, -0.2) is 143 Å². The maximum absolute atomic E-state index is 10.8. The molecular weight excluding hydrogens is 1390 g/mol. The van der Waals surface area contributed by atoms with Crippen molar-refractivity contribution >= 4 is 143 Å². The molecule has 0 aromatic heterocycles. The Morgan fingerprint density at radius 3 is 0.846 bits per heavy atom. The number of ether oxygens (including phenoxy) is 12. The van der Waals surface area contributed by atoms with Crippen LogP contribution < -0.4 is 0 Å². The predicted octanol–water partition coefficient (Wildman–Crippen LogP) is 4.20. The molecule has 0 amide bonds. The Morgan fingerprint density at radius 2 is 0.615 bits per heavy atom. The summed E-state index contributed by atoms with van der Waals surface area (Å²) < 4.78 is 50.8. The van der Waals surface area contributed by atoms with E-state index in [4.69, 9.17) is 0 Å². The van der Waals surface area contributed by atoms with Crippen LogP contribution in [0.1, 0.15) is 198 Å². The first-order valence-electron chi connectivity index (χ1n) is 31.9. The summed E-state index contributed by atoms with van der Waals surface area (Å²) in [4.78, 5) is 249. The minimum absolute atomic E-state index is 0.0947. The molecule has 1 aromatic rings. The van der Waals surface area contributed by atoms with Crippen LogP contribution in [0, 0.1) is 29.6 Å². The van der Waals surface area contributed by atoms with Crippen LogP contribution in [0.5, 0.6) is 0 Å². The van der Waals surface area contributed by atoms with E-state index in [2.05, 4.69) is 56.8 Å². The standard InChI is InChI=1S/C8H4O3.C7H10O3.3C6H8O3.C6H6O3.C6H8O3.C5H6O3.C5H4O3.C5H6O3.C4H4O3.C4H2O3/c9-7-5-3-1-2-4-6(5)8(10)11-7;8-6-4-2-1-3-5-7(9)10-6;1-4-2-5(7)9-6(8)3-4;1-4-2-3-5(7)9-6(4)8;2*1-3-4(2)6(8)9-5(3)7;7-5-3-1-2-4-6(8)9-5;2*1-3-2-4(6)8-5(3)7;6-4-2-1-3-5(7)8-4;2*5-3-1-2-4(6)7-3/h1-4H;1-5H2;2*4H,2-3H2,1H3;3-4H,1-2H3;1-2H3;1-4H2;3H,2H2,1H3;2H,1H3;1-3H2;1-2H2;1-2H. The molecule has 8 fully saturated rings. The predicted molar refractivity (Wildman–Crippen MR) is 333 cm³/mol. The Hall–Kier alpha value is -11.9. The van der Waals surface area contributed by atoms with Gasteiger partial charge in [0, 0.05) is 92.7 Å². The first-order chi connectivity index (χ1) is 48.8. The third-order valence-corrected chi connectivity index (χ3v) is 14.2. The zero-order valence-electron chi connectivity index (χ0n) is 57.6. The maximum atomic E-state index is 10.8. The van der Waals surface area contributed by atoms with E-state index in [1.165, 1.54) is 13.0 Å². The van der Waals surface area contributed by atoms with Crippen molar-refractivity contribution in [3.05, 3.63) is 70.3 Å². The monoisotopic (exact) mass is 1470 g/mol. The van der Waals surface area contributed by atoms with Gasteiger partial charge in [0.1, 0.15) is 0 Å². The van der Waals surface area contributed by atoms with Crippen molar-refractivity contribution in [2.75, 3.05) is 0 Å². The molecule has 12 heterocycles. The fraction of sp³-hybridized carbons (Fsp3) is 0.471. The summed E-state index contributed by atoms with van der Waals surface area (Å²) in [6.07, 6.45) is 13.1. The summed E-state index contributed by atoms with van der Waals surface area (Å²) >= 11 is 0. The third kappa shape index (κ3) is 34.9. The van der Waals surface area contributed by atoms with Crippen LogP contribution >= 0.6 is 0 Å². The molecule has 12 aliphatic heterocycles. The highest BCUT2D eigenvalue weighted by Gasteiger charge is 2.38. The molecule has 4 atom stereocenters. The lowest BCUT2D eigenvalue weighted by molar-refractivity contribution is -0.168. The Bertz CT molecular complexity index is 3500. The summed E-state index contributed by atoms with van der Waals surface area (Å²) in [5.41, 5.74) is 1.92. The van der Waals surface area contributed by atoms with E-state index >= 15 is 0 Å². The van der Waals surface area contributed by atoms with Gasteiger partial charge < -0.3 is 56.8 Å². The normalized spacial score (nSPS) is 22.1. The fourth-order valence-corrected chi connectivity index (χ4v) is 7.92. The van der Waals surface area contributed by atoms with E-state index in [9.17, 15) is 115 Å². The second-order valence-electron chi connectivity index (χ2n) is 23.1. The quantitative estimate of drug-likeness (QED) is 0.199. The van der Waals surface area contributed by atoms with Crippen LogP contribution in [0.2, 0.25) is 0 Å². The molecule has 1 aromatic carbocycles. The number of fused-ring (bicyclic) bond motifs is 1. The number of cyclic esters (lactones) is 24. The number of carbonyl (C=O) groups excluding carboxylic acids is 24. The van der Waals surface area contributed by atoms with E-state index in [0.717, 1.165) is 44.3 Å². The Labute approximate surface area is 590 Å². The van der Waals surface area contributed by atoms with Gasteiger partial charge in [0.25, 0.3) is 0 Å². The van der Waals surface area contributed by atoms with E-state index in [1.54, 1.807) is 65.8 Å². The molecule has 0 bridgehead atoms. The molecule has 562 valence electrons. The molecule has 0 radical (unpaired) electrons. The van der Waals surface area contributed by atoms with Crippen molar-refractivity contribution in [3.8, 4) is 0 Å². The summed E-state index contributed by atoms with van der Waals surface area (Å²) in [5, 5.41) is 0. The van der Waals surface area contributed by atoms with Crippen molar-refractivity contribution < 1.29 is 172 Å². The Kier molecular flexibility index (Phi) is 38.2. The van der Waals surface area contributed by atoms with Crippen LogP contribution in [-0.2, 0) is 162 Å². The molecule has 8 saturated heterocycles. The molecule has 13 rings (SSSR count). The number of benzene rings is 1. The third-order valence-electron chi connectivity index (χ3n) is 14.2. The highest BCUT2D eigenvalue weighted by Crippen LogP contribution is 2.23. The second kappa shape index (κ2) is 45.1. The van der Waals surface area contributed by atoms with E-state index in [0.29, 0.717) is 98.5 Å². The van der Waals surface area contributed by atoms with Gasteiger partial charge in [0.05, 0.1) is 54.1 Å². The number of hydrogen-bond acceptors (Lipinski definition) is 36. The largest absolute Gasteiger partial charge is 0.393 e. The highest BCUT2D eigenvalue weighted by molar-refractivity contribution is 6.15. The first kappa shape index (κ1) is 88.2. The molecule has 36 nitrogen and oxygen atoms in total. The van der Waals surface area contributed by atoms with Gasteiger partial charge in [-0.2, -0.15) is 0 Å². The van der Waals surface area contributed by atoms with Crippen molar-refractivity contribution in [1.82, 2.24) is 0 Å². The Morgan fingerprint density at radius 1 is 0.279 bits per heavy atom. The summed E-state index contributed by atoms with van der Waals surface area (Å²) in [5.74, 6) is -11.2. The van der Waals surface area contributed by atoms with Gasteiger partial charge >= 0.3 is 143 Å². The van der Waals surface area contributed by atoms with Gasteiger partial charge in [0.2, 0.25) is 0 Å². The SMILES string of the molecule is CC1=C(C)C(=O)OC1=O.CC1=CC(=O)OC1=O.CC1C(=O)OC(=O)C1C.CC1CC(=O)OC(=O)C1.CC1CC(=O)OC1=O.CC1CCC(=O)OC1=O.O=C1C=CC(=O)O1.O=C1CCC(=O)O1.O=C1CCCC(=O)O1.O=C1CCCCC(=O)O1.O=C1CCCCCC(=O)O1.O=C1OC(=O)c2ccccc21. The molecule has 0 saturated carbocycles. The lowest BCUT2D eigenvalue weighted by Gasteiger charge is -2.14. The lowest BCUT2D eigenvalue weighted by atomic mass is 10.00. The number of rotatable bonds is 0. The smallest absolute Gasteiger partial charge is 0.346 e. The van der Waals surface area contributed by atoms with Gasteiger partial charge in [-0.25, -0.2) is 38.4 Å². The van der Waals surface area contributed by atoms with Crippen LogP contribution in [0.4, 0.5) is 0 Å². The highest BCUT2D eigenvalue weighted by atomic mass is 16.6. The molecule has 104 heavy (non-hydrogen) atoms. The number of carbonyl (C=O) groups is 24. The molecule has 12 aliphatic rings. The molecule has 0 spiro atoms. The zero-order valence-corrected chi connectivity index (χ0v) is 57.6. The molecule has 36 heteroatoms. The zero-order chi connectivity index (χ0) is 78.5. The van der Waals surface area contributed by atoms with Crippen LogP contribution in [0.15, 0.2) is 59.2 Å². The topological polar surface area (TPSA) is 520 Å². The minimum Gasteiger partial charge on any atom is -0.393 e. The van der Waals surface area contributed by atoms with E-state index in [1.807, 2.05) is 6.92 Å². The van der Waals surface area contributed by atoms with Crippen LogP contribution in [0.3, 0.4) is 0 Å². The van der Waals surface area contributed by atoms with Crippen molar-refractivity contribution in [2.45, 2.75) is 177 Å². The maximum Gasteiger partial charge on any atom is 0.346 e. The minimum atomic E-state index is -0.579. The summed E-state index contributed by atoms with van der Waals surface area (Å²) in [6.45, 7) is 13.4. The van der Waals surface area contributed by atoms with Gasteiger partial charge in [-0.3, -0.25) is 76.7 Å². The van der Waals surface area contributed by atoms with Crippen LogP contribution in [0.25, 0.3) is 0 Å². The molecule has 0 aliphatic carbocycles. The number of esters is 24. The van der Waals surface area contributed by atoms with Gasteiger partial charge in [-0.05, 0) is 77.3 Å². The summed E-state index contributed by atoms with van der Waals surface area (Å²) in [6, 6.07) is 6.53. The molecular formula is C68H74O36. The van der Waals surface area contributed by atoms with Gasteiger partial charge in [-0.15, -0.1) is 0 Å². The lowest BCUT2D eigenvalue weighted by Crippen LogP contribution is -2.25. The fourth-order valence-electron chi connectivity index (χ4n) is 7.92.